The average Bonchev–Trinajstić information content (AvgIpc) is 3.17. The molecule has 1 aliphatic rings. The van der Waals surface area contributed by atoms with E-state index in [2.05, 4.69) is 16.2 Å². The Bertz CT molecular complexity index is 821. The summed E-state index contributed by atoms with van der Waals surface area (Å²) in [6.07, 6.45) is 0.213. The van der Waals surface area contributed by atoms with Gasteiger partial charge >= 0.3 is 0 Å². The van der Waals surface area contributed by atoms with Gasteiger partial charge in [0, 0.05) is 27.2 Å². The van der Waals surface area contributed by atoms with Crippen LogP contribution < -0.4 is 16.2 Å². The Morgan fingerprint density at radius 1 is 1.07 bits per heavy atom. The Hall–Kier alpha value is -2.77. The summed E-state index contributed by atoms with van der Waals surface area (Å²) in [4.78, 5) is 26.0. The predicted octanol–water partition coefficient (Wildman–Crippen LogP) is 1.54. The molecule has 0 aromatic heterocycles. The fourth-order valence-electron chi connectivity index (χ4n) is 3.27. The average molecular weight is 384 g/mol. The highest BCUT2D eigenvalue weighted by molar-refractivity contribution is 5.80. The summed E-state index contributed by atoms with van der Waals surface area (Å²) >= 11 is 0. The maximum atomic E-state index is 12.9. The summed E-state index contributed by atoms with van der Waals surface area (Å²) in [7, 11) is 3.52. The van der Waals surface area contributed by atoms with Crippen LogP contribution in [0.3, 0.4) is 0 Å². The number of carbonyl (C=O) groups excluding carboxylic acids is 2. The smallest absolute Gasteiger partial charge is 0.228 e. The zero-order chi connectivity index (χ0) is 20.1. The predicted molar refractivity (Wildman–Crippen MR) is 104 cm³/mol. The minimum atomic E-state index is -0.314. The minimum absolute atomic E-state index is 0.0830. The van der Waals surface area contributed by atoms with Crippen molar-refractivity contribution < 1.29 is 14.0 Å². The van der Waals surface area contributed by atoms with Crippen LogP contribution in [-0.4, -0.2) is 37.4 Å². The lowest BCUT2D eigenvalue weighted by molar-refractivity contribution is -0.132. The number of hydrogen-bond acceptors (Lipinski definition) is 4. The highest BCUT2D eigenvalue weighted by atomic mass is 19.1. The first kappa shape index (κ1) is 20.0. The first-order chi connectivity index (χ1) is 13.4. The molecular formula is C21H25FN4O2. The lowest BCUT2D eigenvalue weighted by Crippen LogP contribution is -2.34. The molecule has 2 aromatic carbocycles. The van der Waals surface area contributed by atoms with Crippen LogP contribution in [0.2, 0.25) is 0 Å². The summed E-state index contributed by atoms with van der Waals surface area (Å²) in [5.74, 6) is -0.504. The molecule has 0 bridgehead atoms. The number of amides is 2. The summed E-state index contributed by atoms with van der Waals surface area (Å²) in [5.41, 5.74) is 8.98. The third-order valence-corrected chi connectivity index (χ3v) is 4.85. The second-order valence-electron chi connectivity index (χ2n) is 7.16. The van der Waals surface area contributed by atoms with Gasteiger partial charge in [0.1, 0.15) is 5.82 Å². The van der Waals surface area contributed by atoms with E-state index in [-0.39, 0.29) is 36.0 Å². The zero-order valence-corrected chi connectivity index (χ0v) is 16.0. The van der Waals surface area contributed by atoms with Gasteiger partial charge in [0.25, 0.3) is 0 Å². The van der Waals surface area contributed by atoms with Crippen LogP contribution in [-0.2, 0) is 22.6 Å². The Morgan fingerprint density at radius 2 is 1.71 bits per heavy atom. The quantitative estimate of drug-likeness (QED) is 0.706. The molecule has 2 atom stereocenters. The van der Waals surface area contributed by atoms with E-state index in [1.807, 2.05) is 24.3 Å². The van der Waals surface area contributed by atoms with Crippen molar-refractivity contribution >= 4 is 11.8 Å². The van der Waals surface area contributed by atoms with Crippen LogP contribution in [0.25, 0.3) is 0 Å². The largest absolute Gasteiger partial charge is 0.352 e. The van der Waals surface area contributed by atoms with Crippen LogP contribution in [0, 0.1) is 11.7 Å². The highest BCUT2D eigenvalue weighted by Gasteiger charge is 2.34. The maximum absolute atomic E-state index is 12.9. The van der Waals surface area contributed by atoms with Crippen molar-refractivity contribution in [3.8, 4) is 0 Å². The topological polar surface area (TPSA) is 73.5 Å². The Labute approximate surface area is 164 Å². The number of carbonyl (C=O) groups is 2. The van der Waals surface area contributed by atoms with Crippen molar-refractivity contribution in [3.63, 3.8) is 0 Å². The fraction of sp³-hybridized carbons (Fsp3) is 0.333. The van der Waals surface area contributed by atoms with E-state index in [1.54, 1.807) is 31.1 Å². The van der Waals surface area contributed by atoms with Gasteiger partial charge in [-0.25, -0.2) is 9.82 Å². The number of rotatable bonds is 6. The molecule has 7 heteroatoms. The summed E-state index contributed by atoms with van der Waals surface area (Å²) in [6, 6.07) is 13.7. The molecule has 2 aromatic rings. The van der Waals surface area contributed by atoms with Gasteiger partial charge < -0.3 is 10.2 Å². The Balaban J connectivity index is 1.55. The number of hydrogen-bond donors (Lipinski definition) is 3. The molecule has 148 valence electrons. The lowest BCUT2D eigenvalue weighted by Gasteiger charge is -2.21. The van der Waals surface area contributed by atoms with Crippen molar-refractivity contribution in [2.45, 2.75) is 19.0 Å². The molecule has 3 rings (SSSR count). The summed E-state index contributed by atoms with van der Waals surface area (Å²) in [6.45, 7) is 1.000. The molecule has 0 saturated carbocycles. The highest BCUT2D eigenvalue weighted by Crippen LogP contribution is 2.26. The van der Waals surface area contributed by atoms with E-state index in [0.29, 0.717) is 13.1 Å². The molecule has 0 radical (unpaired) electrons. The van der Waals surface area contributed by atoms with Crippen LogP contribution in [0.5, 0.6) is 0 Å². The zero-order valence-electron chi connectivity index (χ0n) is 16.0. The normalized spacial score (nSPS) is 18.7. The van der Waals surface area contributed by atoms with Crippen molar-refractivity contribution in [2.24, 2.45) is 5.92 Å². The van der Waals surface area contributed by atoms with E-state index in [1.165, 1.54) is 12.1 Å². The van der Waals surface area contributed by atoms with Crippen molar-refractivity contribution in [2.75, 3.05) is 20.6 Å². The molecule has 2 unspecified atom stereocenters. The first-order valence-electron chi connectivity index (χ1n) is 9.23. The summed E-state index contributed by atoms with van der Waals surface area (Å²) in [5, 5.41) is 2.87. The van der Waals surface area contributed by atoms with Gasteiger partial charge in [0.05, 0.1) is 18.4 Å². The number of nitrogens with one attached hydrogen (secondary N) is 3. The van der Waals surface area contributed by atoms with Crippen LogP contribution in [0.1, 0.15) is 22.7 Å². The Morgan fingerprint density at radius 3 is 2.36 bits per heavy atom. The number of hydrazine groups is 1. The Kier molecular flexibility index (Phi) is 6.38. The molecule has 1 heterocycles. The second kappa shape index (κ2) is 8.95. The molecule has 0 aliphatic carbocycles. The van der Waals surface area contributed by atoms with E-state index < -0.39 is 0 Å². The molecule has 2 amide bonds. The third-order valence-electron chi connectivity index (χ3n) is 4.85. The molecule has 1 fully saturated rings. The van der Waals surface area contributed by atoms with Gasteiger partial charge in [-0.2, -0.15) is 0 Å². The molecule has 0 spiro atoms. The number of benzene rings is 2. The maximum Gasteiger partial charge on any atom is 0.228 e. The molecule has 3 N–H and O–H groups in total. The number of nitrogens with zero attached hydrogens (tertiary/aromatic N) is 1. The van der Waals surface area contributed by atoms with E-state index in [9.17, 15) is 14.0 Å². The van der Waals surface area contributed by atoms with Gasteiger partial charge in [-0.15, -0.1) is 0 Å². The van der Waals surface area contributed by atoms with E-state index in [4.69, 9.17) is 0 Å². The standard InChI is InChI=1S/C21H25FN4O2/c1-26(2)21(28)18-13-24-25-20(18)16-7-3-15(4-8-16)12-23-19(27)11-14-5-9-17(22)10-6-14/h3-10,18,20,24-25H,11-13H2,1-2H3,(H,23,27). The SMILES string of the molecule is CN(C)C(=O)C1CNNC1c1ccc(CNC(=O)Cc2ccc(F)cc2)cc1. The van der Waals surface area contributed by atoms with Gasteiger partial charge in [-0.1, -0.05) is 36.4 Å². The van der Waals surface area contributed by atoms with Crippen LogP contribution in [0.15, 0.2) is 48.5 Å². The van der Waals surface area contributed by atoms with Crippen molar-refractivity contribution in [1.82, 2.24) is 21.1 Å². The summed E-state index contributed by atoms with van der Waals surface area (Å²) < 4.78 is 12.9. The van der Waals surface area contributed by atoms with Crippen LogP contribution in [0.4, 0.5) is 4.39 Å². The molecule has 1 saturated heterocycles. The molecule has 1 aliphatic heterocycles. The molecule has 28 heavy (non-hydrogen) atoms. The van der Waals surface area contributed by atoms with Crippen LogP contribution >= 0.6 is 0 Å². The van der Waals surface area contributed by atoms with Gasteiger partial charge in [0.2, 0.25) is 11.8 Å². The van der Waals surface area contributed by atoms with Crippen molar-refractivity contribution in [1.29, 1.82) is 0 Å². The second-order valence-corrected chi connectivity index (χ2v) is 7.16. The lowest BCUT2D eigenvalue weighted by atomic mass is 9.93. The van der Waals surface area contributed by atoms with Crippen molar-refractivity contribution in [3.05, 3.63) is 71.0 Å². The van der Waals surface area contributed by atoms with E-state index >= 15 is 0 Å². The monoisotopic (exact) mass is 384 g/mol. The van der Waals surface area contributed by atoms with E-state index in [0.717, 1.165) is 16.7 Å². The first-order valence-corrected chi connectivity index (χ1v) is 9.23. The van der Waals surface area contributed by atoms with Gasteiger partial charge in [0.15, 0.2) is 0 Å². The van der Waals surface area contributed by atoms with Gasteiger partial charge in [-0.05, 0) is 28.8 Å². The van der Waals surface area contributed by atoms with Gasteiger partial charge in [-0.3, -0.25) is 15.0 Å². The minimum Gasteiger partial charge on any atom is -0.352 e. The third kappa shape index (κ3) is 4.94. The molecule has 6 nitrogen and oxygen atoms in total. The molecular weight excluding hydrogens is 359 g/mol. The fourth-order valence-corrected chi connectivity index (χ4v) is 3.27. The number of halogens is 1.